The number of rotatable bonds is 5. The van der Waals surface area contributed by atoms with Gasteiger partial charge in [0.15, 0.2) is 5.78 Å². The van der Waals surface area contributed by atoms with Crippen molar-refractivity contribution in [2.45, 2.75) is 26.7 Å². The molecule has 1 fully saturated rings. The second kappa shape index (κ2) is 8.61. The largest absolute Gasteiger partial charge is 0.339 e. The van der Waals surface area contributed by atoms with E-state index in [1.54, 1.807) is 23.1 Å². The van der Waals surface area contributed by atoms with Gasteiger partial charge in [0.2, 0.25) is 11.9 Å². The second-order valence-corrected chi connectivity index (χ2v) is 6.96. The summed E-state index contributed by atoms with van der Waals surface area (Å²) in [7, 11) is 0. The van der Waals surface area contributed by atoms with Crippen LogP contribution in [0.3, 0.4) is 0 Å². The molecule has 1 aromatic carbocycles. The van der Waals surface area contributed by atoms with Crippen LogP contribution in [-0.2, 0) is 4.79 Å². The number of carbonyl (C=O) groups excluding carboxylic acids is 2. The molecule has 0 saturated carbocycles. The molecule has 0 unspecified atom stereocenters. The molecule has 28 heavy (non-hydrogen) atoms. The summed E-state index contributed by atoms with van der Waals surface area (Å²) in [6.45, 7) is 6.11. The molecule has 0 aliphatic carbocycles. The molecule has 7 nitrogen and oxygen atoms in total. The molecule has 1 aliphatic rings. The summed E-state index contributed by atoms with van der Waals surface area (Å²) in [5.74, 6) is 0.505. The maximum absolute atomic E-state index is 12.5. The lowest BCUT2D eigenvalue weighted by molar-refractivity contribution is -0.131. The number of aryl methyl sites for hydroxylation is 2. The van der Waals surface area contributed by atoms with Crippen LogP contribution in [0.15, 0.2) is 30.3 Å². The minimum Gasteiger partial charge on any atom is -0.339 e. The van der Waals surface area contributed by atoms with Gasteiger partial charge in [0, 0.05) is 50.3 Å². The zero-order valence-corrected chi connectivity index (χ0v) is 16.2. The Bertz CT molecular complexity index is 909. The number of nitriles is 1. The van der Waals surface area contributed by atoms with Crippen molar-refractivity contribution in [2.75, 3.05) is 31.1 Å². The van der Waals surface area contributed by atoms with Crippen LogP contribution in [0.1, 0.15) is 40.2 Å². The van der Waals surface area contributed by atoms with Gasteiger partial charge in [-0.15, -0.1) is 0 Å². The fourth-order valence-electron chi connectivity index (χ4n) is 3.17. The molecule has 1 aromatic heterocycles. The van der Waals surface area contributed by atoms with Crippen LogP contribution in [0.5, 0.6) is 0 Å². The van der Waals surface area contributed by atoms with Crippen LogP contribution in [0.25, 0.3) is 0 Å². The number of hydrogen-bond donors (Lipinski definition) is 0. The summed E-state index contributed by atoms with van der Waals surface area (Å²) in [4.78, 5) is 37.1. The predicted molar refractivity (Wildman–Crippen MR) is 105 cm³/mol. The van der Waals surface area contributed by atoms with Gasteiger partial charge in [-0.1, -0.05) is 29.8 Å². The Morgan fingerprint density at radius 1 is 1.04 bits per heavy atom. The van der Waals surface area contributed by atoms with Crippen molar-refractivity contribution < 1.29 is 9.59 Å². The third-order valence-corrected chi connectivity index (χ3v) is 4.81. The van der Waals surface area contributed by atoms with E-state index >= 15 is 0 Å². The molecule has 1 saturated heterocycles. The zero-order valence-electron chi connectivity index (χ0n) is 16.2. The standard InChI is InChI=1S/C21H23N5O2/c1-15-3-5-17(6-4-15)19(27)7-8-20(28)25-9-11-26(12-10-25)21-23-16(2)13-18(14-22)24-21/h3-6,13H,7-12H2,1-2H3. The minimum absolute atomic E-state index is 0.0100. The Morgan fingerprint density at radius 2 is 1.71 bits per heavy atom. The van der Waals surface area contributed by atoms with Gasteiger partial charge < -0.3 is 9.80 Å². The lowest BCUT2D eigenvalue weighted by atomic mass is 10.0. The van der Waals surface area contributed by atoms with Crippen molar-refractivity contribution in [1.29, 1.82) is 5.26 Å². The number of anilines is 1. The first kappa shape index (κ1) is 19.5. The number of ketones is 1. The van der Waals surface area contributed by atoms with E-state index < -0.39 is 0 Å². The molecule has 0 radical (unpaired) electrons. The monoisotopic (exact) mass is 377 g/mol. The average Bonchev–Trinajstić information content (AvgIpc) is 2.72. The quantitative estimate of drug-likeness (QED) is 0.743. The molecule has 1 amide bonds. The van der Waals surface area contributed by atoms with Gasteiger partial charge in [-0.2, -0.15) is 5.26 Å². The highest BCUT2D eigenvalue weighted by Gasteiger charge is 2.23. The van der Waals surface area contributed by atoms with Gasteiger partial charge in [0.25, 0.3) is 0 Å². The molecule has 2 aromatic rings. The molecule has 144 valence electrons. The average molecular weight is 377 g/mol. The van der Waals surface area contributed by atoms with Crippen LogP contribution < -0.4 is 4.90 Å². The van der Waals surface area contributed by atoms with Gasteiger partial charge >= 0.3 is 0 Å². The topological polar surface area (TPSA) is 90.2 Å². The van der Waals surface area contributed by atoms with Crippen molar-refractivity contribution in [3.63, 3.8) is 0 Å². The molecule has 0 atom stereocenters. The molecule has 3 rings (SSSR count). The number of hydrogen-bond acceptors (Lipinski definition) is 6. The van der Waals surface area contributed by atoms with Gasteiger partial charge in [-0.05, 0) is 19.9 Å². The fourth-order valence-corrected chi connectivity index (χ4v) is 3.17. The number of aromatic nitrogens is 2. The maximum Gasteiger partial charge on any atom is 0.226 e. The maximum atomic E-state index is 12.5. The highest BCUT2D eigenvalue weighted by Crippen LogP contribution is 2.14. The Kier molecular flexibility index (Phi) is 5.99. The third-order valence-electron chi connectivity index (χ3n) is 4.81. The van der Waals surface area contributed by atoms with E-state index in [1.807, 2.05) is 36.9 Å². The molecule has 1 aliphatic heterocycles. The fraction of sp³-hybridized carbons (Fsp3) is 0.381. The first-order valence-electron chi connectivity index (χ1n) is 9.34. The molecule has 0 spiro atoms. The highest BCUT2D eigenvalue weighted by atomic mass is 16.2. The van der Waals surface area contributed by atoms with E-state index in [9.17, 15) is 9.59 Å². The summed E-state index contributed by atoms with van der Waals surface area (Å²) < 4.78 is 0. The number of amides is 1. The van der Waals surface area contributed by atoms with E-state index in [0.717, 1.165) is 11.3 Å². The Morgan fingerprint density at radius 3 is 2.36 bits per heavy atom. The van der Waals surface area contributed by atoms with E-state index in [1.165, 1.54) is 0 Å². The summed E-state index contributed by atoms with van der Waals surface area (Å²) in [6.07, 6.45) is 0.431. The minimum atomic E-state index is -0.0111. The first-order chi connectivity index (χ1) is 13.5. The summed E-state index contributed by atoms with van der Waals surface area (Å²) in [6, 6.07) is 11.1. The zero-order chi connectivity index (χ0) is 20.1. The number of nitrogens with zero attached hydrogens (tertiary/aromatic N) is 5. The van der Waals surface area contributed by atoms with Crippen molar-refractivity contribution >= 4 is 17.6 Å². The molecular formula is C21H23N5O2. The van der Waals surface area contributed by atoms with Crippen LogP contribution in [0.2, 0.25) is 0 Å². The predicted octanol–water partition coefficient (Wildman–Crippen LogP) is 2.28. The van der Waals surface area contributed by atoms with Crippen LogP contribution in [-0.4, -0.2) is 52.7 Å². The van der Waals surface area contributed by atoms with Gasteiger partial charge in [0.05, 0.1) is 0 Å². The lowest BCUT2D eigenvalue weighted by Crippen LogP contribution is -2.49. The van der Waals surface area contributed by atoms with E-state index in [4.69, 9.17) is 5.26 Å². The number of piperazine rings is 1. The molecular weight excluding hydrogens is 354 g/mol. The van der Waals surface area contributed by atoms with Gasteiger partial charge in [-0.25, -0.2) is 9.97 Å². The molecule has 0 N–H and O–H groups in total. The smallest absolute Gasteiger partial charge is 0.226 e. The first-order valence-corrected chi connectivity index (χ1v) is 9.34. The third kappa shape index (κ3) is 4.71. The van der Waals surface area contributed by atoms with Crippen molar-refractivity contribution in [3.8, 4) is 6.07 Å². The van der Waals surface area contributed by atoms with Crippen LogP contribution in [0.4, 0.5) is 5.95 Å². The van der Waals surface area contributed by atoms with E-state index in [0.29, 0.717) is 43.4 Å². The molecule has 0 bridgehead atoms. The summed E-state index contributed by atoms with van der Waals surface area (Å²) >= 11 is 0. The van der Waals surface area contributed by atoms with Gasteiger partial charge in [-0.3, -0.25) is 9.59 Å². The number of carbonyl (C=O) groups is 2. The molecule has 2 heterocycles. The lowest BCUT2D eigenvalue weighted by Gasteiger charge is -2.34. The highest BCUT2D eigenvalue weighted by molar-refractivity contribution is 5.98. The van der Waals surface area contributed by atoms with Crippen molar-refractivity contribution in [2.24, 2.45) is 0 Å². The van der Waals surface area contributed by atoms with Crippen LogP contribution >= 0.6 is 0 Å². The normalized spacial score (nSPS) is 13.9. The number of Topliss-reactive ketones (excluding diaryl/α,β-unsaturated/α-hetero) is 1. The second-order valence-electron chi connectivity index (χ2n) is 6.96. The molecule has 7 heteroatoms. The Labute approximate surface area is 164 Å². The Hall–Kier alpha value is -3.27. The summed E-state index contributed by atoms with van der Waals surface area (Å²) in [5, 5.41) is 9.06. The van der Waals surface area contributed by atoms with Crippen LogP contribution in [0, 0.1) is 25.2 Å². The SMILES string of the molecule is Cc1ccc(C(=O)CCC(=O)N2CCN(c3nc(C)cc(C#N)n3)CC2)cc1. The van der Waals surface area contributed by atoms with E-state index in [-0.39, 0.29) is 24.5 Å². The van der Waals surface area contributed by atoms with Crippen molar-refractivity contribution in [1.82, 2.24) is 14.9 Å². The summed E-state index contributed by atoms with van der Waals surface area (Å²) in [5.41, 5.74) is 2.84. The Balaban J connectivity index is 1.51. The van der Waals surface area contributed by atoms with Gasteiger partial charge in [0.1, 0.15) is 11.8 Å². The van der Waals surface area contributed by atoms with Crippen molar-refractivity contribution in [3.05, 3.63) is 52.8 Å². The number of benzene rings is 1. The van der Waals surface area contributed by atoms with E-state index in [2.05, 4.69) is 9.97 Å².